The van der Waals surface area contributed by atoms with E-state index >= 15 is 0 Å². The summed E-state index contributed by atoms with van der Waals surface area (Å²) in [4.78, 5) is 27.8. The third-order valence-corrected chi connectivity index (χ3v) is 4.56. The highest BCUT2D eigenvalue weighted by Gasteiger charge is 2.17. The first-order valence-corrected chi connectivity index (χ1v) is 8.76. The minimum absolute atomic E-state index is 0.187. The minimum Gasteiger partial charge on any atom is -0.366 e. The summed E-state index contributed by atoms with van der Waals surface area (Å²) in [7, 11) is 0. The molecular formula is C18H17N5O2S. The Hall–Kier alpha value is -3.13. The van der Waals surface area contributed by atoms with E-state index < -0.39 is 11.2 Å². The second-order valence-corrected chi connectivity index (χ2v) is 6.83. The number of nitrogens with zero attached hydrogens (tertiary/aromatic N) is 2. The number of thioether (sulfide) groups is 1. The second kappa shape index (κ2) is 7.83. The summed E-state index contributed by atoms with van der Waals surface area (Å²) in [6.45, 7) is 1.77. The highest BCUT2D eigenvalue weighted by molar-refractivity contribution is 8.00. The first-order valence-electron chi connectivity index (χ1n) is 7.88. The Morgan fingerprint density at radius 1 is 1.12 bits per heavy atom. The maximum absolute atomic E-state index is 12.3. The number of amides is 2. The molecule has 0 aliphatic carbocycles. The largest absolute Gasteiger partial charge is 0.366 e. The monoisotopic (exact) mass is 367 g/mol. The van der Waals surface area contributed by atoms with Gasteiger partial charge in [-0.1, -0.05) is 42.1 Å². The first kappa shape index (κ1) is 17.7. The summed E-state index contributed by atoms with van der Waals surface area (Å²) in [5.74, 6) is -0.0405. The van der Waals surface area contributed by atoms with Crippen LogP contribution < -0.4 is 11.1 Å². The predicted octanol–water partition coefficient (Wildman–Crippen LogP) is 2.69. The summed E-state index contributed by atoms with van der Waals surface area (Å²) in [6.07, 6.45) is 0. The van der Waals surface area contributed by atoms with E-state index in [0.717, 1.165) is 5.56 Å². The fourth-order valence-corrected chi connectivity index (χ4v) is 2.92. The summed E-state index contributed by atoms with van der Waals surface area (Å²) >= 11 is 1.25. The molecule has 1 atom stereocenters. The van der Waals surface area contributed by atoms with Crippen molar-refractivity contribution in [2.75, 3.05) is 5.32 Å². The Morgan fingerprint density at radius 3 is 2.46 bits per heavy atom. The standard InChI is InChI=1S/C18H17N5O2S/c1-11(17(25)20-14-9-7-12(8-10-14)15(19)24)26-18-21-16(22-23-18)13-5-3-2-4-6-13/h2-11H,1H3,(H2,19,24)(H,20,25)(H,21,22,23)/t11-/m1/s1. The number of carbonyl (C=O) groups is 2. The number of nitrogens with two attached hydrogens (primary N) is 1. The zero-order valence-electron chi connectivity index (χ0n) is 14.0. The van der Waals surface area contributed by atoms with Gasteiger partial charge in [-0.05, 0) is 31.2 Å². The van der Waals surface area contributed by atoms with Gasteiger partial charge in [-0.25, -0.2) is 4.98 Å². The number of primary amides is 1. The molecule has 26 heavy (non-hydrogen) atoms. The third-order valence-electron chi connectivity index (χ3n) is 3.60. The van der Waals surface area contributed by atoms with E-state index in [1.54, 1.807) is 31.2 Å². The summed E-state index contributed by atoms with van der Waals surface area (Å²) in [6, 6.07) is 16.0. The fraction of sp³-hybridized carbons (Fsp3) is 0.111. The minimum atomic E-state index is -0.509. The molecule has 132 valence electrons. The number of rotatable bonds is 6. The Bertz CT molecular complexity index is 909. The zero-order chi connectivity index (χ0) is 18.5. The molecule has 0 fully saturated rings. The van der Waals surface area contributed by atoms with Crippen LogP contribution in [0.2, 0.25) is 0 Å². The third kappa shape index (κ3) is 4.28. The molecule has 8 heteroatoms. The van der Waals surface area contributed by atoms with Crippen molar-refractivity contribution in [1.82, 2.24) is 15.2 Å². The number of H-pyrrole nitrogens is 1. The molecule has 0 unspecified atom stereocenters. The van der Waals surface area contributed by atoms with Crippen LogP contribution in [-0.4, -0.2) is 32.2 Å². The van der Waals surface area contributed by atoms with Gasteiger partial charge in [0.05, 0.1) is 5.25 Å². The Labute approximate surface area is 154 Å². The molecule has 0 radical (unpaired) electrons. The number of hydrogen-bond acceptors (Lipinski definition) is 5. The lowest BCUT2D eigenvalue weighted by Gasteiger charge is -2.10. The van der Waals surface area contributed by atoms with Crippen molar-refractivity contribution < 1.29 is 9.59 Å². The number of anilines is 1. The van der Waals surface area contributed by atoms with Crippen LogP contribution in [0.3, 0.4) is 0 Å². The van der Waals surface area contributed by atoms with Gasteiger partial charge in [-0.2, -0.15) is 0 Å². The van der Waals surface area contributed by atoms with Crippen molar-refractivity contribution in [3.05, 3.63) is 60.2 Å². The van der Waals surface area contributed by atoms with Gasteiger partial charge in [0, 0.05) is 16.8 Å². The van der Waals surface area contributed by atoms with Crippen LogP contribution in [0.25, 0.3) is 11.4 Å². The van der Waals surface area contributed by atoms with E-state index in [1.165, 1.54) is 11.8 Å². The predicted molar refractivity (Wildman–Crippen MR) is 101 cm³/mol. The molecule has 2 aromatic carbocycles. The molecule has 1 aromatic heterocycles. The average Bonchev–Trinajstić information content (AvgIpc) is 3.11. The van der Waals surface area contributed by atoms with Gasteiger partial charge in [-0.3, -0.25) is 14.7 Å². The van der Waals surface area contributed by atoms with E-state index in [2.05, 4.69) is 20.5 Å². The Balaban J connectivity index is 1.61. The highest BCUT2D eigenvalue weighted by Crippen LogP contribution is 2.23. The van der Waals surface area contributed by atoms with Crippen LogP contribution >= 0.6 is 11.8 Å². The Kier molecular flexibility index (Phi) is 5.33. The molecule has 0 spiro atoms. The molecular weight excluding hydrogens is 350 g/mol. The molecule has 7 nitrogen and oxygen atoms in total. The SMILES string of the molecule is C[C@@H](Sc1n[nH]c(-c2ccccc2)n1)C(=O)Nc1ccc(C(N)=O)cc1. The average molecular weight is 367 g/mol. The molecule has 0 aliphatic rings. The van der Waals surface area contributed by atoms with Gasteiger partial charge < -0.3 is 11.1 Å². The second-order valence-electron chi connectivity index (χ2n) is 5.52. The quantitative estimate of drug-likeness (QED) is 0.580. The van der Waals surface area contributed by atoms with Crippen molar-refractivity contribution in [3.8, 4) is 11.4 Å². The van der Waals surface area contributed by atoms with Crippen molar-refractivity contribution in [3.63, 3.8) is 0 Å². The summed E-state index contributed by atoms with van der Waals surface area (Å²) in [5.41, 5.74) is 7.10. The number of benzene rings is 2. The first-order chi connectivity index (χ1) is 12.5. The molecule has 0 bridgehead atoms. The van der Waals surface area contributed by atoms with Crippen molar-refractivity contribution in [1.29, 1.82) is 0 Å². The normalized spacial score (nSPS) is 11.7. The number of hydrogen-bond donors (Lipinski definition) is 3. The van der Waals surface area contributed by atoms with E-state index in [0.29, 0.717) is 22.2 Å². The van der Waals surface area contributed by atoms with Gasteiger partial charge >= 0.3 is 0 Å². The van der Waals surface area contributed by atoms with Crippen LogP contribution in [-0.2, 0) is 4.79 Å². The van der Waals surface area contributed by atoms with Crippen LogP contribution in [0.15, 0.2) is 59.8 Å². The van der Waals surface area contributed by atoms with Crippen molar-refractivity contribution in [2.24, 2.45) is 5.73 Å². The van der Waals surface area contributed by atoms with Crippen molar-refractivity contribution in [2.45, 2.75) is 17.3 Å². The molecule has 4 N–H and O–H groups in total. The van der Waals surface area contributed by atoms with Crippen LogP contribution in [0, 0.1) is 0 Å². The fourth-order valence-electron chi connectivity index (χ4n) is 2.20. The smallest absolute Gasteiger partial charge is 0.248 e. The van der Waals surface area contributed by atoms with Crippen LogP contribution in [0.5, 0.6) is 0 Å². The topological polar surface area (TPSA) is 114 Å². The van der Waals surface area contributed by atoms with Gasteiger partial charge in [0.2, 0.25) is 17.0 Å². The highest BCUT2D eigenvalue weighted by atomic mass is 32.2. The van der Waals surface area contributed by atoms with Gasteiger partial charge in [0.1, 0.15) is 0 Å². The number of carbonyl (C=O) groups excluding carboxylic acids is 2. The number of aromatic amines is 1. The zero-order valence-corrected chi connectivity index (χ0v) is 14.8. The lowest BCUT2D eigenvalue weighted by atomic mass is 10.2. The maximum atomic E-state index is 12.3. The van der Waals surface area contributed by atoms with E-state index in [-0.39, 0.29) is 5.91 Å². The van der Waals surface area contributed by atoms with E-state index in [1.807, 2.05) is 30.3 Å². The molecule has 3 rings (SSSR count). The van der Waals surface area contributed by atoms with E-state index in [9.17, 15) is 9.59 Å². The lowest BCUT2D eigenvalue weighted by Crippen LogP contribution is -2.22. The molecule has 1 heterocycles. The van der Waals surface area contributed by atoms with Gasteiger partial charge in [-0.15, -0.1) is 5.10 Å². The Morgan fingerprint density at radius 2 is 1.81 bits per heavy atom. The number of nitrogens with one attached hydrogen (secondary N) is 2. The maximum Gasteiger partial charge on any atom is 0.248 e. The molecule has 0 saturated carbocycles. The molecule has 2 amide bonds. The van der Waals surface area contributed by atoms with E-state index in [4.69, 9.17) is 5.73 Å². The summed E-state index contributed by atoms with van der Waals surface area (Å²) < 4.78 is 0. The molecule has 0 aliphatic heterocycles. The van der Waals surface area contributed by atoms with Crippen LogP contribution in [0.4, 0.5) is 5.69 Å². The van der Waals surface area contributed by atoms with Gasteiger partial charge in [0.15, 0.2) is 5.82 Å². The lowest BCUT2D eigenvalue weighted by molar-refractivity contribution is -0.115. The molecule has 0 saturated heterocycles. The van der Waals surface area contributed by atoms with Gasteiger partial charge in [0.25, 0.3) is 0 Å². The van der Waals surface area contributed by atoms with Crippen LogP contribution in [0.1, 0.15) is 17.3 Å². The number of aromatic nitrogens is 3. The van der Waals surface area contributed by atoms with Crippen molar-refractivity contribution >= 4 is 29.3 Å². The molecule has 3 aromatic rings. The summed E-state index contributed by atoms with van der Waals surface area (Å²) in [5, 5.41) is 9.91.